The quantitative estimate of drug-likeness (QED) is 0.714. The average Bonchev–Trinajstić information content (AvgIpc) is 3.13. The molecular formula is C23H29N3O4S. The Morgan fingerprint density at radius 3 is 2.42 bits per heavy atom. The van der Waals surface area contributed by atoms with Crippen LogP contribution >= 0.6 is 0 Å². The van der Waals surface area contributed by atoms with E-state index in [1.54, 1.807) is 24.3 Å². The first-order chi connectivity index (χ1) is 14.9. The van der Waals surface area contributed by atoms with Crippen LogP contribution in [-0.4, -0.2) is 55.8 Å². The number of aliphatic hydroxyl groups excluding tert-OH is 1. The van der Waals surface area contributed by atoms with Crippen LogP contribution in [0.5, 0.6) is 0 Å². The largest absolute Gasteiger partial charge is 0.393 e. The fourth-order valence-corrected chi connectivity index (χ4v) is 5.67. The number of nitrogens with zero attached hydrogens (tertiary/aromatic N) is 2. The Labute approximate surface area is 183 Å². The highest BCUT2D eigenvalue weighted by molar-refractivity contribution is 7.93. The summed E-state index contributed by atoms with van der Waals surface area (Å²) in [6.45, 7) is 3.55. The summed E-state index contributed by atoms with van der Waals surface area (Å²) < 4.78 is 25.6. The van der Waals surface area contributed by atoms with Crippen molar-refractivity contribution in [2.75, 3.05) is 29.7 Å². The van der Waals surface area contributed by atoms with E-state index in [-0.39, 0.29) is 17.8 Å². The fraction of sp³-hybridized carbons (Fsp3) is 0.435. The molecule has 0 aliphatic carbocycles. The number of likely N-dealkylation sites (tertiary alicyclic amines) is 1. The molecule has 2 aliphatic rings. The van der Waals surface area contributed by atoms with Crippen molar-refractivity contribution < 1.29 is 18.3 Å². The van der Waals surface area contributed by atoms with E-state index in [1.807, 2.05) is 12.1 Å². The topological polar surface area (TPSA) is 90.0 Å². The minimum absolute atomic E-state index is 0.152. The van der Waals surface area contributed by atoms with Gasteiger partial charge in [-0.05, 0) is 48.6 Å². The number of piperidine rings is 1. The maximum atomic E-state index is 12.6. The standard InChI is InChI=1S/C23H29N3O4S/c27-22-9-12-25(13-10-22)17-19-7-5-18(6-8-19)16-24-23(28)20-3-1-4-21(15-20)26-11-2-14-31(26,29)30/h1,3-8,15,22,27H,2,9-14,16-17H2,(H,24,28). The van der Waals surface area contributed by atoms with Gasteiger partial charge in [-0.3, -0.25) is 14.0 Å². The molecular weight excluding hydrogens is 414 g/mol. The van der Waals surface area contributed by atoms with Crippen molar-refractivity contribution >= 4 is 21.6 Å². The molecule has 2 heterocycles. The summed E-state index contributed by atoms with van der Waals surface area (Å²) in [6.07, 6.45) is 2.10. The minimum atomic E-state index is -3.27. The van der Waals surface area contributed by atoms with Crippen LogP contribution < -0.4 is 9.62 Å². The highest BCUT2D eigenvalue weighted by atomic mass is 32.2. The second-order valence-electron chi connectivity index (χ2n) is 8.30. The predicted molar refractivity (Wildman–Crippen MR) is 120 cm³/mol. The summed E-state index contributed by atoms with van der Waals surface area (Å²) in [5, 5.41) is 12.5. The molecule has 31 heavy (non-hydrogen) atoms. The van der Waals surface area contributed by atoms with E-state index in [1.165, 1.54) is 9.87 Å². The SMILES string of the molecule is O=C(NCc1ccc(CN2CCC(O)CC2)cc1)c1cccc(N2CCCS2(=O)=O)c1. The van der Waals surface area contributed by atoms with Crippen LogP contribution in [0, 0.1) is 0 Å². The van der Waals surface area contributed by atoms with Crippen molar-refractivity contribution in [3.05, 3.63) is 65.2 Å². The molecule has 0 atom stereocenters. The summed E-state index contributed by atoms with van der Waals surface area (Å²) >= 11 is 0. The molecule has 0 saturated carbocycles. The second kappa shape index (κ2) is 9.38. The zero-order valence-corrected chi connectivity index (χ0v) is 18.4. The van der Waals surface area contributed by atoms with Gasteiger partial charge in [0, 0.05) is 38.3 Å². The predicted octanol–water partition coefficient (Wildman–Crippen LogP) is 2.11. The van der Waals surface area contributed by atoms with Crippen molar-refractivity contribution in [1.29, 1.82) is 0 Å². The zero-order valence-electron chi connectivity index (χ0n) is 17.5. The Hall–Kier alpha value is -2.42. The summed E-state index contributed by atoms with van der Waals surface area (Å²) in [7, 11) is -3.27. The van der Waals surface area contributed by atoms with Gasteiger partial charge in [-0.1, -0.05) is 30.3 Å². The number of hydrogen-bond donors (Lipinski definition) is 2. The third-order valence-corrected chi connectivity index (χ3v) is 7.80. The molecule has 7 nitrogen and oxygen atoms in total. The molecule has 0 aromatic heterocycles. The molecule has 0 radical (unpaired) electrons. The van der Waals surface area contributed by atoms with Crippen molar-refractivity contribution in [2.45, 2.75) is 38.5 Å². The van der Waals surface area contributed by atoms with Crippen LogP contribution in [0.4, 0.5) is 5.69 Å². The number of benzene rings is 2. The van der Waals surface area contributed by atoms with Crippen molar-refractivity contribution in [1.82, 2.24) is 10.2 Å². The molecule has 8 heteroatoms. The number of nitrogens with one attached hydrogen (secondary N) is 1. The second-order valence-corrected chi connectivity index (χ2v) is 10.3. The number of carbonyl (C=O) groups excluding carboxylic acids is 1. The van der Waals surface area contributed by atoms with Gasteiger partial charge in [0.05, 0.1) is 17.5 Å². The number of carbonyl (C=O) groups is 1. The third-order valence-electron chi connectivity index (χ3n) is 5.93. The lowest BCUT2D eigenvalue weighted by Gasteiger charge is -2.29. The van der Waals surface area contributed by atoms with Crippen molar-refractivity contribution in [3.8, 4) is 0 Å². The third kappa shape index (κ3) is 5.44. The van der Waals surface area contributed by atoms with Gasteiger partial charge < -0.3 is 10.4 Å². The molecule has 2 fully saturated rings. The van der Waals surface area contributed by atoms with Gasteiger partial charge >= 0.3 is 0 Å². The van der Waals surface area contributed by atoms with E-state index in [2.05, 4.69) is 22.3 Å². The lowest BCUT2D eigenvalue weighted by atomic mass is 10.1. The van der Waals surface area contributed by atoms with Crippen LogP contribution in [0.25, 0.3) is 0 Å². The van der Waals surface area contributed by atoms with Gasteiger partial charge in [-0.2, -0.15) is 0 Å². The number of anilines is 1. The van der Waals surface area contributed by atoms with Gasteiger partial charge in [0.1, 0.15) is 0 Å². The van der Waals surface area contributed by atoms with Crippen LogP contribution in [0.2, 0.25) is 0 Å². The highest BCUT2D eigenvalue weighted by Crippen LogP contribution is 2.24. The van der Waals surface area contributed by atoms with Crippen LogP contribution in [0.15, 0.2) is 48.5 Å². The summed E-state index contributed by atoms with van der Waals surface area (Å²) in [5.74, 6) is -0.0755. The first-order valence-corrected chi connectivity index (χ1v) is 12.4. The fourth-order valence-electron chi connectivity index (χ4n) is 4.11. The Balaban J connectivity index is 1.32. The maximum absolute atomic E-state index is 12.6. The zero-order chi connectivity index (χ0) is 21.8. The number of sulfonamides is 1. The monoisotopic (exact) mass is 443 g/mol. The van der Waals surface area contributed by atoms with Gasteiger partial charge in [0.25, 0.3) is 5.91 Å². The Morgan fingerprint density at radius 2 is 1.74 bits per heavy atom. The molecule has 0 bridgehead atoms. The number of amides is 1. The number of aliphatic hydroxyl groups is 1. The van der Waals surface area contributed by atoms with Crippen LogP contribution in [0.1, 0.15) is 40.7 Å². The summed E-state index contributed by atoms with van der Waals surface area (Å²) in [5.41, 5.74) is 3.21. The van der Waals surface area contributed by atoms with E-state index in [0.717, 1.165) is 38.0 Å². The van der Waals surface area contributed by atoms with E-state index in [0.29, 0.717) is 30.8 Å². The van der Waals surface area contributed by atoms with Crippen molar-refractivity contribution in [3.63, 3.8) is 0 Å². The average molecular weight is 444 g/mol. The van der Waals surface area contributed by atoms with Gasteiger partial charge in [-0.15, -0.1) is 0 Å². The normalized spacial score (nSPS) is 19.5. The summed E-state index contributed by atoms with van der Waals surface area (Å²) in [4.78, 5) is 14.9. The van der Waals surface area contributed by atoms with E-state index < -0.39 is 10.0 Å². The summed E-state index contributed by atoms with van der Waals surface area (Å²) in [6, 6.07) is 14.9. The molecule has 2 aliphatic heterocycles. The lowest BCUT2D eigenvalue weighted by Crippen LogP contribution is -2.35. The van der Waals surface area contributed by atoms with E-state index in [4.69, 9.17) is 0 Å². The van der Waals surface area contributed by atoms with E-state index >= 15 is 0 Å². The number of rotatable bonds is 6. The van der Waals surface area contributed by atoms with Crippen LogP contribution in [0.3, 0.4) is 0 Å². The molecule has 166 valence electrons. The first kappa shape index (κ1) is 21.8. The number of hydrogen-bond acceptors (Lipinski definition) is 5. The van der Waals surface area contributed by atoms with Gasteiger partial charge in [-0.25, -0.2) is 8.42 Å². The maximum Gasteiger partial charge on any atom is 0.251 e. The molecule has 2 N–H and O–H groups in total. The Bertz CT molecular complexity index is 1020. The molecule has 0 unspecified atom stereocenters. The van der Waals surface area contributed by atoms with Crippen LogP contribution in [-0.2, 0) is 23.1 Å². The van der Waals surface area contributed by atoms with Gasteiger partial charge in [0.15, 0.2) is 0 Å². The Morgan fingerprint density at radius 1 is 1.03 bits per heavy atom. The molecule has 0 spiro atoms. The van der Waals surface area contributed by atoms with Gasteiger partial charge in [0.2, 0.25) is 10.0 Å². The lowest BCUT2D eigenvalue weighted by molar-refractivity contribution is 0.0792. The molecule has 4 rings (SSSR count). The molecule has 2 aromatic rings. The first-order valence-electron chi connectivity index (χ1n) is 10.8. The smallest absolute Gasteiger partial charge is 0.251 e. The highest BCUT2D eigenvalue weighted by Gasteiger charge is 2.28. The minimum Gasteiger partial charge on any atom is -0.393 e. The molecule has 2 saturated heterocycles. The molecule has 1 amide bonds. The van der Waals surface area contributed by atoms with E-state index in [9.17, 15) is 18.3 Å². The van der Waals surface area contributed by atoms with Crippen molar-refractivity contribution in [2.24, 2.45) is 0 Å². The Kier molecular flexibility index (Phi) is 6.60. The molecule has 2 aromatic carbocycles.